The Morgan fingerprint density at radius 1 is 1.26 bits per heavy atom. The second-order valence-electron chi connectivity index (χ2n) is 5.97. The highest BCUT2D eigenvalue weighted by Crippen LogP contribution is 2.21. The molecule has 0 aliphatic carbocycles. The standard InChI is InChI=1S/C17H17N5O5/c1-10-4-6-13(7-5-10)17-18-14(27-20-17)9-26-15(23)8-21-12(3)16(22(24)25)11(2)19-21/h4-7H,8-9H2,1-3H3. The zero-order chi connectivity index (χ0) is 19.6. The Morgan fingerprint density at radius 2 is 1.96 bits per heavy atom. The van der Waals surface area contributed by atoms with Crippen molar-refractivity contribution in [3.05, 3.63) is 57.2 Å². The van der Waals surface area contributed by atoms with E-state index in [9.17, 15) is 14.9 Å². The van der Waals surface area contributed by atoms with Crippen LogP contribution in [0.4, 0.5) is 5.69 Å². The number of carbonyl (C=O) groups is 1. The summed E-state index contributed by atoms with van der Waals surface area (Å²) in [5, 5.41) is 18.9. The van der Waals surface area contributed by atoms with E-state index in [0.29, 0.717) is 5.82 Å². The van der Waals surface area contributed by atoms with Crippen molar-refractivity contribution < 1.29 is 19.0 Å². The summed E-state index contributed by atoms with van der Waals surface area (Å²) in [6.07, 6.45) is 0. The van der Waals surface area contributed by atoms with Crippen LogP contribution in [-0.4, -0.2) is 30.8 Å². The number of rotatable bonds is 6. The second kappa shape index (κ2) is 7.36. The first-order chi connectivity index (χ1) is 12.8. The lowest BCUT2D eigenvalue weighted by molar-refractivity contribution is -0.386. The van der Waals surface area contributed by atoms with Crippen LogP contribution in [0, 0.1) is 30.9 Å². The number of hydrogen-bond acceptors (Lipinski definition) is 8. The number of aryl methyl sites for hydroxylation is 2. The van der Waals surface area contributed by atoms with Crippen LogP contribution in [0.25, 0.3) is 11.4 Å². The molecule has 1 aromatic carbocycles. The van der Waals surface area contributed by atoms with Crippen molar-refractivity contribution in [2.75, 3.05) is 0 Å². The molecule has 0 fully saturated rings. The van der Waals surface area contributed by atoms with Gasteiger partial charge in [0.2, 0.25) is 5.82 Å². The van der Waals surface area contributed by atoms with Crippen molar-refractivity contribution in [1.29, 1.82) is 0 Å². The minimum absolute atomic E-state index is 0.109. The van der Waals surface area contributed by atoms with Crippen molar-refractivity contribution >= 4 is 11.7 Å². The van der Waals surface area contributed by atoms with Gasteiger partial charge in [-0.1, -0.05) is 35.0 Å². The van der Waals surface area contributed by atoms with E-state index in [2.05, 4.69) is 15.2 Å². The maximum atomic E-state index is 12.0. The van der Waals surface area contributed by atoms with E-state index < -0.39 is 10.9 Å². The third-order valence-corrected chi connectivity index (χ3v) is 3.94. The van der Waals surface area contributed by atoms with Gasteiger partial charge in [0.15, 0.2) is 6.61 Å². The molecule has 0 unspecified atom stereocenters. The van der Waals surface area contributed by atoms with Crippen molar-refractivity contribution in [3.8, 4) is 11.4 Å². The van der Waals surface area contributed by atoms with E-state index >= 15 is 0 Å². The Morgan fingerprint density at radius 3 is 2.59 bits per heavy atom. The summed E-state index contributed by atoms with van der Waals surface area (Å²) in [6, 6.07) is 7.59. The highest BCUT2D eigenvalue weighted by molar-refractivity contribution is 5.69. The molecule has 140 valence electrons. The number of esters is 1. The van der Waals surface area contributed by atoms with E-state index in [0.717, 1.165) is 11.1 Å². The van der Waals surface area contributed by atoms with Crippen LogP contribution in [0.3, 0.4) is 0 Å². The first kappa shape index (κ1) is 18.2. The third-order valence-electron chi connectivity index (χ3n) is 3.94. The number of hydrogen-bond donors (Lipinski definition) is 0. The largest absolute Gasteiger partial charge is 0.454 e. The number of carbonyl (C=O) groups excluding carboxylic acids is 1. The number of nitro groups is 1. The molecule has 0 bridgehead atoms. The van der Waals surface area contributed by atoms with E-state index in [1.54, 1.807) is 0 Å². The molecule has 2 aromatic heterocycles. The zero-order valence-electron chi connectivity index (χ0n) is 15.0. The zero-order valence-corrected chi connectivity index (χ0v) is 15.0. The van der Waals surface area contributed by atoms with Gasteiger partial charge in [0.1, 0.15) is 17.9 Å². The van der Waals surface area contributed by atoms with Gasteiger partial charge in [-0.2, -0.15) is 10.1 Å². The van der Waals surface area contributed by atoms with Crippen LogP contribution in [0.2, 0.25) is 0 Å². The van der Waals surface area contributed by atoms with Crippen molar-refractivity contribution in [2.45, 2.75) is 33.9 Å². The molecule has 2 heterocycles. The molecule has 0 saturated carbocycles. The Balaban J connectivity index is 1.61. The summed E-state index contributed by atoms with van der Waals surface area (Å²) in [5.41, 5.74) is 2.32. The average Bonchev–Trinajstić information content (AvgIpc) is 3.18. The molecular weight excluding hydrogens is 354 g/mol. The molecule has 0 radical (unpaired) electrons. The predicted octanol–water partition coefficient (Wildman–Crippen LogP) is 2.51. The Kier molecular flexibility index (Phi) is 4.97. The molecule has 3 rings (SSSR count). The van der Waals surface area contributed by atoms with Crippen LogP contribution in [-0.2, 0) is 22.7 Å². The Bertz CT molecular complexity index is 990. The lowest BCUT2D eigenvalue weighted by atomic mass is 10.1. The van der Waals surface area contributed by atoms with Gasteiger partial charge in [-0.15, -0.1) is 0 Å². The second-order valence-corrected chi connectivity index (χ2v) is 5.97. The normalized spacial score (nSPS) is 10.8. The third kappa shape index (κ3) is 4.00. The fourth-order valence-electron chi connectivity index (χ4n) is 2.55. The molecular formula is C17H17N5O5. The smallest absolute Gasteiger partial charge is 0.328 e. The number of nitrogens with zero attached hydrogens (tertiary/aromatic N) is 5. The van der Waals surface area contributed by atoms with Crippen LogP contribution in [0.1, 0.15) is 22.8 Å². The lowest BCUT2D eigenvalue weighted by Gasteiger charge is -2.03. The van der Waals surface area contributed by atoms with E-state index in [-0.39, 0.29) is 36.1 Å². The Hall–Kier alpha value is -3.56. The van der Waals surface area contributed by atoms with Crippen LogP contribution >= 0.6 is 0 Å². The molecule has 0 N–H and O–H groups in total. The topological polar surface area (TPSA) is 126 Å². The number of benzene rings is 1. The number of aromatic nitrogens is 4. The highest BCUT2D eigenvalue weighted by atomic mass is 16.6. The van der Waals surface area contributed by atoms with Crippen molar-refractivity contribution in [3.63, 3.8) is 0 Å². The van der Waals surface area contributed by atoms with E-state index in [1.165, 1.54) is 18.5 Å². The molecule has 0 spiro atoms. The van der Waals surface area contributed by atoms with Crippen LogP contribution in [0.15, 0.2) is 28.8 Å². The molecule has 10 heteroatoms. The van der Waals surface area contributed by atoms with Gasteiger partial charge in [-0.05, 0) is 20.8 Å². The predicted molar refractivity (Wildman–Crippen MR) is 92.6 cm³/mol. The first-order valence-electron chi connectivity index (χ1n) is 8.09. The summed E-state index contributed by atoms with van der Waals surface area (Å²) in [5.74, 6) is -0.0703. The summed E-state index contributed by atoms with van der Waals surface area (Å²) in [4.78, 5) is 26.7. The summed E-state index contributed by atoms with van der Waals surface area (Å²) < 4.78 is 11.4. The molecule has 27 heavy (non-hydrogen) atoms. The molecule has 0 aliphatic heterocycles. The van der Waals surface area contributed by atoms with Gasteiger partial charge < -0.3 is 9.26 Å². The average molecular weight is 371 g/mol. The Labute approximate surface area is 153 Å². The van der Waals surface area contributed by atoms with Crippen LogP contribution in [0.5, 0.6) is 0 Å². The summed E-state index contributed by atoms with van der Waals surface area (Å²) in [6.45, 7) is 4.57. The van der Waals surface area contributed by atoms with Gasteiger partial charge in [0.25, 0.3) is 5.89 Å². The highest BCUT2D eigenvalue weighted by Gasteiger charge is 2.23. The van der Waals surface area contributed by atoms with Crippen LogP contribution < -0.4 is 0 Å². The monoisotopic (exact) mass is 371 g/mol. The molecule has 0 aliphatic rings. The minimum Gasteiger partial charge on any atom is -0.454 e. The fraction of sp³-hybridized carbons (Fsp3) is 0.294. The van der Waals surface area contributed by atoms with Gasteiger partial charge in [0, 0.05) is 5.56 Å². The lowest BCUT2D eigenvalue weighted by Crippen LogP contribution is -2.15. The van der Waals surface area contributed by atoms with Crippen molar-refractivity contribution in [1.82, 2.24) is 19.9 Å². The molecule has 0 atom stereocenters. The van der Waals surface area contributed by atoms with Gasteiger partial charge in [-0.25, -0.2) is 0 Å². The number of ether oxygens (including phenoxy) is 1. The molecule has 3 aromatic rings. The van der Waals surface area contributed by atoms with Crippen molar-refractivity contribution in [2.24, 2.45) is 0 Å². The maximum absolute atomic E-state index is 12.0. The summed E-state index contributed by atoms with van der Waals surface area (Å²) in [7, 11) is 0. The van der Waals surface area contributed by atoms with E-state index in [4.69, 9.17) is 9.26 Å². The van der Waals surface area contributed by atoms with Gasteiger partial charge in [0.05, 0.1) is 4.92 Å². The fourth-order valence-corrected chi connectivity index (χ4v) is 2.55. The minimum atomic E-state index is -0.620. The molecule has 0 saturated heterocycles. The van der Waals surface area contributed by atoms with Gasteiger partial charge >= 0.3 is 11.7 Å². The maximum Gasteiger partial charge on any atom is 0.328 e. The molecule has 0 amide bonds. The SMILES string of the molecule is Cc1ccc(-c2noc(COC(=O)Cn3nc(C)c([N+](=O)[O-])c3C)n2)cc1. The quantitative estimate of drug-likeness (QED) is 0.367. The molecule has 10 nitrogen and oxygen atoms in total. The first-order valence-corrected chi connectivity index (χ1v) is 8.09. The van der Waals surface area contributed by atoms with Gasteiger partial charge in [-0.3, -0.25) is 19.6 Å². The summed E-state index contributed by atoms with van der Waals surface area (Å²) >= 11 is 0. The van der Waals surface area contributed by atoms with E-state index in [1.807, 2.05) is 31.2 Å².